The molecule has 3 rings (SSSR count). The van der Waals surface area contributed by atoms with Crippen LogP contribution in [0.5, 0.6) is 0 Å². The monoisotopic (exact) mass is 371 g/mol. The van der Waals surface area contributed by atoms with E-state index in [-0.39, 0.29) is 0 Å². The lowest BCUT2D eigenvalue weighted by molar-refractivity contribution is 0.362. The molecule has 0 aromatic heterocycles. The van der Waals surface area contributed by atoms with Crippen LogP contribution in [0.3, 0.4) is 0 Å². The Morgan fingerprint density at radius 1 is 1.17 bits per heavy atom. The lowest BCUT2D eigenvalue weighted by Gasteiger charge is -2.40. The second kappa shape index (κ2) is 5.54. The van der Waals surface area contributed by atoms with Gasteiger partial charge in [-0.2, -0.15) is 0 Å². The fraction of sp³-hybridized carbons (Fsp3) is 0.600. The standard InChI is InChI=1S/C15H19Br2N/c16-10-11-6-7-15(13(17)9-11)18-8-2-4-12-3-1-5-14(12)18/h6-7,9,12,14H,1-5,8,10H2. The Morgan fingerprint density at radius 3 is 2.78 bits per heavy atom. The Morgan fingerprint density at radius 2 is 2.00 bits per heavy atom. The number of alkyl halides is 1. The fourth-order valence-electron chi connectivity index (χ4n) is 3.62. The van der Waals surface area contributed by atoms with Gasteiger partial charge in [-0.05, 0) is 65.2 Å². The topological polar surface area (TPSA) is 3.24 Å². The molecule has 98 valence electrons. The second-order valence-electron chi connectivity index (χ2n) is 5.51. The minimum Gasteiger partial charge on any atom is -0.367 e. The number of anilines is 1. The predicted octanol–water partition coefficient (Wildman–Crippen LogP) is 5.11. The molecule has 1 aromatic rings. The SMILES string of the molecule is BrCc1ccc(N2CCCC3CCCC32)c(Br)c1. The van der Waals surface area contributed by atoms with Crippen molar-refractivity contribution in [3.05, 3.63) is 28.2 Å². The summed E-state index contributed by atoms with van der Waals surface area (Å²) in [6, 6.07) is 7.59. The number of piperidine rings is 1. The van der Waals surface area contributed by atoms with Crippen molar-refractivity contribution in [3.8, 4) is 0 Å². The summed E-state index contributed by atoms with van der Waals surface area (Å²) in [7, 11) is 0. The largest absolute Gasteiger partial charge is 0.367 e. The predicted molar refractivity (Wildman–Crippen MR) is 84.5 cm³/mol. The lowest BCUT2D eigenvalue weighted by Crippen LogP contribution is -2.42. The number of halogens is 2. The fourth-order valence-corrected chi connectivity index (χ4v) is 4.62. The minimum absolute atomic E-state index is 0.796. The van der Waals surface area contributed by atoms with Crippen LogP contribution in [0.1, 0.15) is 37.7 Å². The van der Waals surface area contributed by atoms with Crippen molar-refractivity contribution in [1.29, 1.82) is 0 Å². The second-order valence-corrected chi connectivity index (χ2v) is 6.93. The molecule has 3 heteroatoms. The summed E-state index contributed by atoms with van der Waals surface area (Å²) in [5, 5.41) is 0.929. The molecule has 18 heavy (non-hydrogen) atoms. The van der Waals surface area contributed by atoms with Crippen molar-refractivity contribution in [2.75, 3.05) is 11.4 Å². The van der Waals surface area contributed by atoms with Crippen molar-refractivity contribution >= 4 is 37.5 Å². The third-order valence-electron chi connectivity index (χ3n) is 4.47. The molecule has 0 N–H and O–H groups in total. The molecule has 1 saturated carbocycles. The number of fused-ring (bicyclic) bond motifs is 1. The molecule has 1 saturated heterocycles. The smallest absolute Gasteiger partial charge is 0.0513 e. The third-order valence-corrected chi connectivity index (χ3v) is 5.75. The van der Waals surface area contributed by atoms with E-state index >= 15 is 0 Å². The summed E-state index contributed by atoms with van der Waals surface area (Å²) in [6.07, 6.45) is 7.05. The van der Waals surface area contributed by atoms with Gasteiger partial charge < -0.3 is 4.90 Å². The molecule has 1 aromatic carbocycles. The average Bonchev–Trinajstić information content (AvgIpc) is 2.87. The van der Waals surface area contributed by atoms with Crippen LogP contribution in [0.2, 0.25) is 0 Å². The number of nitrogens with zero attached hydrogens (tertiary/aromatic N) is 1. The molecule has 2 atom stereocenters. The molecule has 1 heterocycles. The minimum atomic E-state index is 0.796. The van der Waals surface area contributed by atoms with E-state index in [1.807, 2.05) is 0 Å². The van der Waals surface area contributed by atoms with Gasteiger partial charge in [-0.1, -0.05) is 28.4 Å². The quantitative estimate of drug-likeness (QED) is 0.651. The zero-order valence-electron chi connectivity index (χ0n) is 10.5. The van der Waals surface area contributed by atoms with Gasteiger partial charge in [-0.25, -0.2) is 0 Å². The number of rotatable bonds is 2. The van der Waals surface area contributed by atoms with Crippen molar-refractivity contribution in [1.82, 2.24) is 0 Å². The maximum atomic E-state index is 3.76. The van der Waals surface area contributed by atoms with Crippen LogP contribution < -0.4 is 4.90 Å². The van der Waals surface area contributed by atoms with Gasteiger partial charge >= 0.3 is 0 Å². The molecular weight excluding hydrogens is 354 g/mol. The molecule has 1 aliphatic heterocycles. The Hall–Kier alpha value is -0.0200. The summed E-state index contributed by atoms with van der Waals surface area (Å²) in [5.41, 5.74) is 2.74. The van der Waals surface area contributed by atoms with Gasteiger partial charge in [0.05, 0.1) is 5.69 Å². The average molecular weight is 373 g/mol. The van der Waals surface area contributed by atoms with E-state index in [2.05, 4.69) is 55.0 Å². The van der Waals surface area contributed by atoms with Crippen molar-refractivity contribution < 1.29 is 0 Å². The molecule has 2 fully saturated rings. The zero-order valence-corrected chi connectivity index (χ0v) is 13.7. The first-order chi connectivity index (χ1) is 8.79. The maximum Gasteiger partial charge on any atom is 0.0513 e. The van der Waals surface area contributed by atoms with Crippen LogP contribution >= 0.6 is 31.9 Å². The van der Waals surface area contributed by atoms with Gasteiger partial charge in [0.2, 0.25) is 0 Å². The van der Waals surface area contributed by atoms with Gasteiger partial charge in [-0.15, -0.1) is 0 Å². The molecule has 0 bridgehead atoms. The van der Waals surface area contributed by atoms with Crippen LogP contribution in [0, 0.1) is 5.92 Å². The van der Waals surface area contributed by atoms with E-state index in [1.54, 1.807) is 0 Å². The summed E-state index contributed by atoms with van der Waals surface area (Å²) >= 11 is 7.28. The van der Waals surface area contributed by atoms with Crippen LogP contribution in [0.25, 0.3) is 0 Å². The normalized spacial score (nSPS) is 27.3. The summed E-state index contributed by atoms with van der Waals surface area (Å²) in [6.45, 7) is 1.23. The highest BCUT2D eigenvalue weighted by atomic mass is 79.9. The Balaban J connectivity index is 1.89. The first-order valence-electron chi connectivity index (χ1n) is 6.90. The summed E-state index contributed by atoms with van der Waals surface area (Å²) in [5.74, 6) is 0.946. The molecule has 2 unspecified atom stereocenters. The van der Waals surface area contributed by atoms with Crippen LogP contribution in [-0.4, -0.2) is 12.6 Å². The molecule has 0 spiro atoms. The highest BCUT2D eigenvalue weighted by Crippen LogP contribution is 2.41. The molecule has 2 aliphatic rings. The van der Waals surface area contributed by atoms with E-state index < -0.39 is 0 Å². The lowest BCUT2D eigenvalue weighted by atomic mass is 9.91. The van der Waals surface area contributed by atoms with Crippen LogP contribution in [-0.2, 0) is 5.33 Å². The van der Waals surface area contributed by atoms with Crippen LogP contribution in [0.4, 0.5) is 5.69 Å². The van der Waals surface area contributed by atoms with Gasteiger partial charge in [0.1, 0.15) is 0 Å². The summed E-state index contributed by atoms with van der Waals surface area (Å²) < 4.78 is 1.26. The highest BCUT2D eigenvalue weighted by molar-refractivity contribution is 9.10. The van der Waals surface area contributed by atoms with E-state index in [4.69, 9.17) is 0 Å². The van der Waals surface area contributed by atoms with Crippen molar-refractivity contribution in [3.63, 3.8) is 0 Å². The van der Waals surface area contributed by atoms with Gasteiger partial charge in [0.25, 0.3) is 0 Å². The van der Waals surface area contributed by atoms with Gasteiger partial charge in [0, 0.05) is 22.4 Å². The third kappa shape index (κ3) is 2.36. The van der Waals surface area contributed by atoms with E-state index in [9.17, 15) is 0 Å². The number of benzene rings is 1. The maximum absolute atomic E-state index is 3.76. The zero-order chi connectivity index (χ0) is 12.5. The molecule has 0 radical (unpaired) electrons. The Kier molecular flexibility index (Phi) is 4.00. The Bertz CT molecular complexity index is 433. The van der Waals surface area contributed by atoms with E-state index in [0.717, 1.165) is 17.3 Å². The van der Waals surface area contributed by atoms with E-state index in [0.29, 0.717) is 0 Å². The number of hydrogen-bond donors (Lipinski definition) is 0. The first kappa shape index (κ1) is 13.0. The van der Waals surface area contributed by atoms with Gasteiger partial charge in [-0.3, -0.25) is 0 Å². The first-order valence-corrected chi connectivity index (χ1v) is 8.82. The van der Waals surface area contributed by atoms with Crippen molar-refractivity contribution in [2.45, 2.75) is 43.5 Å². The van der Waals surface area contributed by atoms with E-state index in [1.165, 1.54) is 54.4 Å². The van der Waals surface area contributed by atoms with Crippen molar-refractivity contribution in [2.24, 2.45) is 5.92 Å². The summed E-state index contributed by atoms with van der Waals surface area (Å²) in [4.78, 5) is 2.66. The highest BCUT2D eigenvalue weighted by Gasteiger charge is 2.35. The molecular formula is C15H19Br2N. The Labute approximate surface area is 126 Å². The molecule has 1 nitrogen and oxygen atoms in total. The van der Waals surface area contributed by atoms with Crippen LogP contribution in [0.15, 0.2) is 22.7 Å². The molecule has 0 amide bonds. The molecule has 1 aliphatic carbocycles. The van der Waals surface area contributed by atoms with Gasteiger partial charge in [0.15, 0.2) is 0 Å². The number of hydrogen-bond acceptors (Lipinski definition) is 1.